The number of ether oxygens (including phenoxy) is 1. The maximum atomic E-state index is 10.5. The molecule has 1 heterocycles. The lowest BCUT2D eigenvalue weighted by Gasteiger charge is -2.44. The van der Waals surface area contributed by atoms with E-state index in [1.807, 2.05) is 37.3 Å². The molecule has 2 atom stereocenters. The van der Waals surface area contributed by atoms with E-state index < -0.39 is 5.60 Å². The minimum atomic E-state index is -0.766. The van der Waals surface area contributed by atoms with Gasteiger partial charge in [0.15, 0.2) is 0 Å². The van der Waals surface area contributed by atoms with Gasteiger partial charge in [0, 0.05) is 25.6 Å². The molecule has 1 saturated heterocycles. The van der Waals surface area contributed by atoms with Crippen LogP contribution in [0, 0.1) is 11.3 Å². The molecule has 3 rings (SSSR count). The van der Waals surface area contributed by atoms with Crippen LogP contribution >= 0.6 is 0 Å². The SMILES string of the molecule is CC1OCCC1(O)CNC1CC(C#N)(c2ccccc2)C1. The van der Waals surface area contributed by atoms with E-state index in [4.69, 9.17) is 4.74 Å². The smallest absolute Gasteiger partial charge is 0.105 e. The van der Waals surface area contributed by atoms with Crippen molar-refractivity contribution in [3.05, 3.63) is 35.9 Å². The van der Waals surface area contributed by atoms with Crippen molar-refractivity contribution in [2.45, 2.75) is 49.3 Å². The fourth-order valence-electron chi connectivity index (χ4n) is 3.40. The number of benzene rings is 1. The van der Waals surface area contributed by atoms with E-state index in [0.717, 1.165) is 18.4 Å². The lowest BCUT2D eigenvalue weighted by atomic mass is 9.62. The van der Waals surface area contributed by atoms with Crippen LogP contribution < -0.4 is 5.32 Å². The predicted octanol–water partition coefficient (Wildman–Crippen LogP) is 1.74. The number of rotatable bonds is 4. The number of nitrogens with zero attached hydrogens (tertiary/aromatic N) is 1. The fourth-order valence-corrected chi connectivity index (χ4v) is 3.40. The molecule has 0 aromatic heterocycles. The summed E-state index contributed by atoms with van der Waals surface area (Å²) in [6.45, 7) is 3.07. The summed E-state index contributed by atoms with van der Waals surface area (Å²) in [6.07, 6.45) is 2.16. The van der Waals surface area contributed by atoms with Gasteiger partial charge >= 0.3 is 0 Å². The molecule has 4 nitrogen and oxygen atoms in total. The summed E-state index contributed by atoms with van der Waals surface area (Å²) < 4.78 is 5.44. The van der Waals surface area contributed by atoms with E-state index in [2.05, 4.69) is 11.4 Å². The molecule has 0 spiro atoms. The molecule has 0 bridgehead atoms. The quantitative estimate of drug-likeness (QED) is 0.885. The molecule has 2 unspecified atom stereocenters. The Labute approximate surface area is 125 Å². The second-order valence-corrected chi connectivity index (χ2v) is 6.41. The van der Waals surface area contributed by atoms with Gasteiger partial charge in [0.2, 0.25) is 0 Å². The summed E-state index contributed by atoms with van der Waals surface area (Å²) in [7, 11) is 0. The highest BCUT2D eigenvalue weighted by atomic mass is 16.5. The van der Waals surface area contributed by atoms with Crippen molar-refractivity contribution in [3.8, 4) is 6.07 Å². The van der Waals surface area contributed by atoms with Crippen molar-refractivity contribution in [3.63, 3.8) is 0 Å². The van der Waals surface area contributed by atoms with Crippen LogP contribution in [0.1, 0.15) is 31.7 Å². The summed E-state index contributed by atoms with van der Waals surface area (Å²) in [4.78, 5) is 0. The van der Waals surface area contributed by atoms with Gasteiger partial charge in [-0.05, 0) is 25.3 Å². The van der Waals surface area contributed by atoms with E-state index in [0.29, 0.717) is 25.6 Å². The molecular formula is C17H22N2O2. The first-order chi connectivity index (χ1) is 10.1. The minimum absolute atomic E-state index is 0.125. The third-order valence-electron chi connectivity index (χ3n) is 5.09. The third kappa shape index (κ3) is 2.57. The minimum Gasteiger partial charge on any atom is -0.386 e. The van der Waals surface area contributed by atoms with Gasteiger partial charge < -0.3 is 15.2 Å². The Morgan fingerprint density at radius 3 is 2.67 bits per heavy atom. The first-order valence-electron chi connectivity index (χ1n) is 7.62. The van der Waals surface area contributed by atoms with Gasteiger partial charge in [-0.3, -0.25) is 0 Å². The Kier molecular flexibility index (Phi) is 3.75. The molecule has 112 valence electrons. The van der Waals surface area contributed by atoms with Crippen LogP contribution in [-0.4, -0.2) is 36.0 Å². The topological polar surface area (TPSA) is 65.3 Å². The van der Waals surface area contributed by atoms with E-state index in [-0.39, 0.29) is 11.5 Å². The normalized spacial score (nSPS) is 38.7. The molecule has 4 heteroatoms. The Balaban J connectivity index is 1.57. The van der Waals surface area contributed by atoms with Crippen LogP contribution in [0.4, 0.5) is 0 Å². The van der Waals surface area contributed by atoms with Crippen LogP contribution in [0.2, 0.25) is 0 Å². The molecule has 1 aliphatic heterocycles. The Morgan fingerprint density at radius 1 is 1.38 bits per heavy atom. The van der Waals surface area contributed by atoms with Gasteiger partial charge in [0.1, 0.15) is 5.60 Å². The van der Waals surface area contributed by atoms with Gasteiger partial charge in [-0.2, -0.15) is 5.26 Å². The standard InChI is InChI=1S/C17H22N2O2/c1-13-17(20,7-8-21-13)12-19-15-9-16(10-15,11-18)14-5-3-2-4-6-14/h2-6,13,15,19-20H,7-10,12H2,1H3. The van der Waals surface area contributed by atoms with Gasteiger partial charge in [0.25, 0.3) is 0 Å². The van der Waals surface area contributed by atoms with Gasteiger partial charge in [-0.15, -0.1) is 0 Å². The van der Waals surface area contributed by atoms with E-state index >= 15 is 0 Å². The van der Waals surface area contributed by atoms with Gasteiger partial charge in [-0.25, -0.2) is 0 Å². The van der Waals surface area contributed by atoms with E-state index in [1.54, 1.807) is 0 Å². The molecule has 21 heavy (non-hydrogen) atoms. The Bertz CT molecular complexity index is 533. The highest BCUT2D eigenvalue weighted by Crippen LogP contribution is 2.43. The highest BCUT2D eigenvalue weighted by molar-refractivity contribution is 5.36. The molecule has 0 radical (unpaired) electrons. The van der Waals surface area contributed by atoms with Crippen LogP contribution in [-0.2, 0) is 10.2 Å². The molecule has 1 saturated carbocycles. The van der Waals surface area contributed by atoms with E-state index in [1.165, 1.54) is 0 Å². The zero-order chi connectivity index (χ0) is 14.9. The molecule has 2 N–H and O–H groups in total. The van der Waals surface area contributed by atoms with Crippen molar-refractivity contribution in [2.75, 3.05) is 13.2 Å². The summed E-state index contributed by atoms with van der Waals surface area (Å²) >= 11 is 0. The maximum absolute atomic E-state index is 10.5. The number of nitriles is 1. The second kappa shape index (κ2) is 5.42. The van der Waals surface area contributed by atoms with Crippen LogP contribution in [0.15, 0.2) is 30.3 Å². The molecule has 1 aliphatic carbocycles. The third-order valence-corrected chi connectivity index (χ3v) is 5.09. The lowest BCUT2D eigenvalue weighted by Crippen LogP contribution is -2.56. The fraction of sp³-hybridized carbons (Fsp3) is 0.588. The molecule has 2 aliphatic rings. The van der Waals surface area contributed by atoms with Crippen LogP contribution in [0.5, 0.6) is 0 Å². The lowest BCUT2D eigenvalue weighted by molar-refractivity contribution is -0.0303. The highest BCUT2D eigenvalue weighted by Gasteiger charge is 2.47. The number of hydrogen-bond donors (Lipinski definition) is 2. The summed E-state index contributed by atoms with van der Waals surface area (Å²) in [5.74, 6) is 0. The first kappa shape index (κ1) is 14.5. The molecule has 1 aromatic carbocycles. The zero-order valence-corrected chi connectivity index (χ0v) is 12.4. The van der Waals surface area contributed by atoms with Crippen LogP contribution in [0.3, 0.4) is 0 Å². The first-order valence-corrected chi connectivity index (χ1v) is 7.62. The number of hydrogen-bond acceptors (Lipinski definition) is 4. The second-order valence-electron chi connectivity index (χ2n) is 6.41. The van der Waals surface area contributed by atoms with Crippen LogP contribution in [0.25, 0.3) is 0 Å². The van der Waals surface area contributed by atoms with Crippen molar-refractivity contribution in [2.24, 2.45) is 0 Å². The van der Waals surface area contributed by atoms with Crippen molar-refractivity contribution < 1.29 is 9.84 Å². The molecule has 0 amide bonds. The number of aliphatic hydroxyl groups is 1. The Hall–Kier alpha value is -1.41. The molecule has 1 aromatic rings. The largest absolute Gasteiger partial charge is 0.386 e. The summed E-state index contributed by atoms with van der Waals surface area (Å²) in [6, 6.07) is 12.8. The average molecular weight is 286 g/mol. The van der Waals surface area contributed by atoms with Gasteiger partial charge in [-0.1, -0.05) is 30.3 Å². The monoisotopic (exact) mass is 286 g/mol. The predicted molar refractivity (Wildman–Crippen MR) is 79.7 cm³/mol. The Morgan fingerprint density at radius 2 is 2.10 bits per heavy atom. The average Bonchev–Trinajstić information content (AvgIpc) is 2.79. The maximum Gasteiger partial charge on any atom is 0.105 e. The molecular weight excluding hydrogens is 264 g/mol. The number of nitrogens with one attached hydrogen (secondary N) is 1. The summed E-state index contributed by atoms with van der Waals surface area (Å²) in [5, 5.41) is 23.4. The van der Waals surface area contributed by atoms with Crippen molar-refractivity contribution in [1.82, 2.24) is 5.32 Å². The summed E-state index contributed by atoms with van der Waals surface area (Å²) in [5.41, 5.74) is -0.0291. The van der Waals surface area contributed by atoms with Crippen molar-refractivity contribution in [1.29, 1.82) is 5.26 Å². The molecule has 2 fully saturated rings. The van der Waals surface area contributed by atoms with Crippen molar-refractivity contribution >= 4 is 0 Å². The van der Waals surface area contributed by atoms with Gasteiger partial charge in [0.05, 0.1) is 17.6 Å². The van der Waals surface area contributed by atoms with E-state index in [9.17, 15) is 10.4 Å². The zero-order valence-electron chi connectivity index (χ0n) is 12.4.